The predicted molar refractivity (Wildman–Crippen MR) is 64.1 cm³/mol. The lowest BCUT2D eigenvalue weighted by Gasteiger charge is -2.05. The molecular formula is C12H19N3O. The summed E-state index contributed by atoms with van der Waals surface area (Å²) in [5.41, 5.74) is 1.19. The van der Waals surface area contributed by atoms with Crippen LogP contribution in [0.25, 0.3) is 0 Å². The van der Waals surface area contributed by atoms with E-state index in [1.54, 1.807) is 12.4 Å². The van der Waals surface area contributed by atoms with Crippen LogP contribution < -0.4 is 10.6 Å². The molecule has 4 nitrogen and oxygen atoms in total. The van der Waals surface area contributed by atoms with Crippen LogP contribution in [0.15, 0.2) is 24.5 Å². The lowest BCUT2D eigenvalue weighted by molar-refractivity contribution is -0.120. The zero-order chi connectivity index (χ0) is 11.6. The number of carbonyl (C=O) groups is 1. The Morgan fingerprint density at radius 2 is 2.06 bits per heavy atom. The van der Waals surface area contributed by atoms with E-state index in [9.17, 15) is 4.79 Å². The summed E-state index contributed by atoms with van der Waals surface area (Å²) in [6.07, 6.45) is 5.42. The molecule has 16 heavy (non-hydrogen) atoms. The summed E-state index contributed by atoms with van der Waals surface area (Å²) in [6.45, 7) is 4.05. The lowest BCUT2D eigenvalue weighted by atomic mass is 10.2. The van der Waals surface area contributed by atoms with Gasteiger partial charge < -0.3 is 10.6 Å². The second-order valence-electron chi connectivity index (χ2n) is 3.63. The van der Waals surface area contributed by atoms with Gasteiger partial charge in [0.15, 0.2) is 0 Å². The van der Waals surface area contributed by atoms with Crippen LogP contribution in [0.2, 0.25) is 0 Å². The normalized spacial score (nSPS) is 10.1. The average Bonchev–Trinajstić information content (AvgIpc) is 2.31. The summed E-state index contributed by atoms with van der Waals surface area (Å²) < 4.78 is 0. The van der Waals surface area contributed by atoms with Crippen LogP contribution in [0.3, 0.4) is 0 Å². The molecule has 0 saturated carbocycles. The van der Waals surface area contributed by atoms with Gasteiger partial charge >= 0.3 is 0 Å². The Hall–Kier alpha value is -1.42. The van der Waals surface area contributed by atoms with E-state index in [2.05, 4.69) is 22.5 Å². The van der Waals surface area contributed by atoms with Gasteiger partial charge in [-0.2, -0.15) is 0 Å². The first-order chi connectivity index (χ1) is 7.83. The molecule has 0 aliphatic heterocycles. The van der Waals surface area contributed by atoms with Crippen LogP contribution in [0.1, 0.15) is 18.9 Å². The van der Waals surface area contributed by atoms with Gasteiger partial charge in [0, 0.05) is 18.9 Å². The van der Waals surface area contributed by atoms with Gasteiger partial charge in [0.1, 0.15) is 0 Å². The molecule has 0 bridgehead atoms. The molecule has 88 valence electrons. The summed E-state index contributed by atoms with van der Waals surface area (Å²) in [5.74, 6) is 0.0579. The third kappa shape index (κ3) is 5.46. The van der Waals surface area contributed by atoms with E-state index in [1.165, 1.54) is 5.56 Å². The first kappa shape index (κ1) is 12.6. The van der Waals surface area contributed by atoms with Crippen molar-refractivity contribution in [2.24, 2.45) is 0 Å². The van der Waals surface area contributed by atoms with Crippen molar-refractivity contribution in [3.05, 3.63) is 30.1 Å². The molecule has 0 atom stereocenters. The van der Waals surface area contributed by atoms with Crippen molar-refractivity contribution in [3.8, 4) is 0 Å². The Balaban J connectivity index is 2.09. The van der Waals surface area contributed by atoms with Gasteiger partial charge in [0.25, 0.3) is 0 Å². The minimum atomic E-state index is 0.0579. The van der Waals surface area contributed by atoms with E-state index >= 15 is 0 Å². The van der Waals surface area contributed by atoms with Crippen molar-refractivity contribution in [2.45, 2.75) is 19.8 Å². The molecule has 1 heterocycles. The Labute approximate surface area is 96.5 Å². The molecule has 1 rings (SSSR count). The zero-order valence-electron chi connectivity index (χ0n) is 9.70. The van der Waals surface area contributed by atoms with Crippen molar-refractivity contribution in [1.82, 2.24) is 15.6 Å². The highest BCUT2D eigenvalue weighted by Crippen LogP contribution is 1.95. The second-order valence-corrected chi connectivity index (χ2v) is 3.63. The van der Waals surface area contributed by atoms with Gasteiger partial charge in [-0.25, -0.2) is 0 Å². The maximum atomic E-state index is 11.3. The number of rotatable bonds is 7. The van der Waals surface area contributed by atoms with Crippen molar-refractivity contribution < 1.29 is 4.79 Å². The summed E-state index contributed by atoms with van der Waals surface area (Å²) in [7, 11) is 0. The Morgan fingerprint density at radius 1 is 1.31 bits per heavy atom. The number of nitrogens with zero attached hydrogens (tertiary/aromatic N) is 1. The summed E-state index contributed by atoms with van der Waals surface area (Å²) in [5, 5.41) is 5.93. The highest BCUT2D eigenvalue weighted by molar-refractivity contribution is 5.77. The molecule has 0 aromatic carbocycles. The third-order valence-electron chi connectivity index (χ3n) is 2.20. The SMILES string of the molecule is CCCNCC(=O)NCCc1ccncc1. The predicted octanol–water partition coefficient (Wildman–Crippen LogP) is 0.740. The van der Waals surface area contributed by atoms with Crippen LogP contribution in [0.4, 0.5) is 0 Å². The number of nitrogens with one attached hydrogen (secondary N) is 2. The Morgan fingerprint density at radius 3 is 2.75 bits per heavy atom. The molecule has 0 aliphatic carbocycles. The van der Waals surface area contributed by atoms with E-state index in [1.807, 2.05) is 12.1 Å². The lowest BCUT2D eigenvalue weighted by Crippen LogP contribution is -2.35. The quantitative estimate of drug-likeness (QED) is 0.668. The van der Waals surface area contributed by atoms with Crippen LogP contribution in [0.5, 0.6) is 0 Å². The van der Waals surface area contributed by atoms with Gasteiger partial charge in [0.05, 0.1) is 6.54 Å². The van der Waals surface area contributed by atoms with Gasteiger partial charge in [-0.05, 0) is 37.1 Å². The maximum Gasteiger partial charge on any atom is 0.233 e. The first-order valence-electron chi connectivity index (χ1n) is 5.69. The van der Waals surface area contributed by atoms with Gasteiger partial charge in [-0.15, -0.1) is 0 Å². The third-order valence-corrected chi connectivity index (χ3v) is 2.20. The van der Waals surface area contributed by atoms with Crippen molar-refractivity contribution in [3.63, 3.8) is 0 Å². The molecule has 2 N–H and O–H groups in total. The number of hydrogen-bond donors (Lipinski definition) is 2. The fraction of sp³-hybridized carbons (Fsp3) is 0.500. The topological polar surface area (TPSA) is 54.0 Å². The summed E-state index contributed by atoms with van der Waals surface area (Å²) >= 11 is 0. The van der Waals surface area contributed by atoms with E-state index in [-0.39, 0.29) is 5.91 Å². The van der Waals surface area contributed by atoms with Crippen molar-refractivity contribution in [2.75, 3.05) is 19.6 Å². The molecule has 0 fully saturated rings. The Bertz CT molecular complexity index is 300. The van der Waals surface area contributed by atoms with Crippen molar-refractivity contribution >= 4 is 5.91 Å². The number of hydrogen-bond acceptors (Lipinski definition) is 3. The highest BCUT2D eigenvalue weighted by atomic mass is 16.1. The molecule has 0 radical (unpaired) electrons. The molecule has 0 unspecified atom stereocenters. The van der Waals surface area contributed by atoms with E-state index in [0.29, 0.717) is 13.1 Å². The summed E-state index contributed by atoms with van der Waals surface area (Å²) in [6, 6.07) is 3.92. The molecule has 0 aliphatic rings. The van der Waals surface area contributed by atoms with Crippen molar-refractivity contribution in [1.29, 1.82) is 0 Å². The molecule has 0 spiro atoms. The first-order valence-corrected chi connectivity index (χ1v) is 5.69. The molecule has 0 saturated heterocycles. The number of carbonyl (C=O) groups excluding carboxylic acids is 1. The Kier molecular flexibility index (Phi) is 6.18. The minimum Gasteiger partial charge on any atom is -0.355 e. The van der Waals surface area contributed by atoms with Crippen LogP contribution in [-0.2, 0) is 11.2 Å². The van der Waals surface area contributed by atoms with Crippen LogP contribution in [-0.4, -0.2) is 30.5 Å². The van der Waals surface area contributed by atoms with Crippen LogP contribution >= 0.6 is 0 Å². The van der Waals surface area contributed by atoms with E-state index in [0.717, 1.165) is 19.4 Å². The van der Waals surface area contributed by atoms with Gasteiger partial charge in [-0.1, -0.05) is 6.92 Å². The molecule has 4 heteroatoms. The largest absolute Gasteiger partial charge is 0.355 e. The molecule has 1 amide bonds. The monoisotopic (exact) mass is 221 g/mol. The highest BCUT2D eigenvalue weighted by Gasteiger charge is 1.99. The van der Waals surface area contributed by atoms with E-state index in [4.69, 9.17) is 0 Å². The standard InChI is InChI=1S/C12H19N3O/c1-2-6-14-10-12(16)15-9-5-11-3-7-13-8-4-11/h3-4,7-8,14H,2,5-6,9-10H2,1H3,(H,15,16). The average molecular weight is 221 g/mol. The number of pyridine rings is 1. The number of aromatic nitrogens is 1. The van der Waals surface area contributed by atoms with Gasteiger partial charge in [-0.3, -0.25) is 9.78 Å². The fourth-order valence-corrected chi connectivity index (χ4v) is 1.34. The van der Waals surface area contributed by atoms with Gasteiger partial charge in [0.2, 0.25) is 5.91 Å². The second kappa shape index (κ2) is 7.82. The zero-order valence-corrected chi connectivity index (χ0v) is 9.70. The smallest absolute Gasteiger partial charge is 0.233 e. The van der Waals surface area contributed by atoms with E-state index < -0.39 is 0 Å². The number of amides is 1. The molecule has 1 aromatic rings. The summed E-state index contributed by atoms with van der Waals surface area (Å²) in [4.78, 5) is 15.3. The fourth-order valence-electron chi connectivity index (χ4n) is 1.34. The maximum absolute atomic E-state index is 11.3. The minimum absolute atomic E-state index is 0.0579. The molecule has 1 aromatic heterocycles. The molecular weight excluding hydrogens is 202 g/mol. The van der Waals surface area contributed by atoms with Crippen LogP contribution in [0, 0.1) is 0 Å².